The van der Waals surface area contributed by atoms with Crippen LogP contribution in [0.15, 0.2) is 39.5 Å². The number of hydrogen-bond acceptors (Lipinski definition) is 16. The Morgan fingerprint density at radius 1 is 0.698 bits per heavy atom. The average Bonchev–Trinajstić information content (AvgIpc) is 2.97. The monoisotopic (exact) mass is 610 g/mol. The van der Waals surface area contributed by atoms with Crippen molar-refractivity contribution in [3.63, 3.8) is 0 Å². The number of fused-ring (bicyclic) bond motifs is 1. The molecule has 1 aromatic heterocycles. The van der Waals surface area contributed by atoms with Crippen LogP contribution in [0, 0.1) is 0 Å². The minimum absolute atomic E-state index is 0.0884. The van der Waals surface area contributed by atoms with Crippen molar-refractivity contribution in [2.75, 3.05) is 13.2 Å². The molecule has 0 aliphatic carbocycles. The highest BCUT2D eigenvalue weighted by Crippen LogP contribution is 2.45. The van der Waals surface area contributed by atoms with Gasteiger partial charge >= 0.3 is 0 Å². The van der Waals surface area contributed by atoms with Crippen LogP contribution in [0.3, 0.4) is 0 Å². The number of benzene rings is 2. The van der Waals surface area contributed by atoms with Gasteiger partial charge in [-0.05, 0) is 18.2 Å². The van der Waals surface area contributed by atoms with Crippen LogP contribution in [0.1, 0.15) is 11.7 Å². The first-order valence-corrected chi connectivity index (χ1v) is 13.0. The molecule has 0 amide bonds. The number of aromatic hydroxyl groups is 4. The zero-order valence-electron chi connectivity index (χ0n) is 22.0. The van der Waals surface area contributed by atoms with Gasteiger partial charge in [0.2, 0.25) is 0 Å². The minimum atomic E-state index is -1.95. The van der Waals surface area contributed by atoms with E-state index in [4.69, 9.17) is 18.6 Å². The third kappa shape index (κ3) is 5.38. The van der Waals surface area contributed by atoms with Crippen molar-refractivity contribution >= 4 is 11.0 Å². The number of ether oxygens (including phenoxy) is 3. The molecule has 11 N–H and O–H groups in total. The summed E-state index contributed by atoms with van der Waals surface area (Å²) in [5.74, 6) is -2.70. The van der Waals surface area contributed by atoms with E-state index in [1.165, 1.54) is 6.07 Å². The van der Waals surface area contributed by atoms with Gasteiger partial charge in [-0.1, -0.05) is 0 Å². The third-order valence-electron chi connectivity index (χ3n) is 7.55. The molecule has 0 radical (unpaired) electrons. The molecule has 43 heavy (non-hydrogen) atoms. The molecule has 0 bridgehead atoms. The largest absolute Gasteiger partial charge is 0.507 e. The van der Waals surface area contributed by atoms with Gasteiger partial charge < -0.3 is 74.8 Å². The number of phenolic OH excluding ortho intramolecular Hbond substituents is 4. The van der Waals surface area contributed by atoms with E-state index in [0.29, 0.717) is 0 Å². The van der Waals surface area contributed by atoms with Crippen molar-refractivity contribution in [1.82, 2.24) is 0 Å². The van der Waals surface area contributed by atoms with E-state index in [9.17, 15) is 61.0 Å². The number of aliphatic hydroxyl groups is 7. The maximum atomic E-state index is 13.2. The van der Waals surface area contributed by atoms with E-state index in [-0.39, 0.29) is 11.3 Å². The molecule has 16 heteroatoms. The van der Waals surface area contributed by atoms with E-state index in [2.05, 4.69) is 0 Å². The second-order valence-electron chi connectivity index (χ2n) is 10.3. The molecule has 234 valence electrons. The molecule has 0 spiro atoms. The molecular formula is C27H30O16. The lowest BCUT2D eigenvalue weighted by Gasteiger charge is -2.46. The molecule has 2 aliphatic rings. The molecular weight excluding hydrogens is 580 g/mol. The lowest BCUT2D eigenvalue weighted by Crippen LogP contribution is -2.62. The van der Waals surface area contributed by atoms with Crippen molar-refractivity contribution < 1.29 is 74.8 Å². The van der Waals surface area contributed by atoms with Crippen LogP contribution < -0.4 is 5.43 Å². The summed E-state index contributed by atoms with van der Waals surface area (Å²) in [7, 11) is 0. The van der Waals surface area contributed by atoms with Gasteiger partial charge in [0, 0.05) is 17.7 Å². The van der Waals surface area contributed by atoms with Gasteiger partial charge in [-0.2, -0.15) is 0 Å². The summed E-state index contributed by atoms with van der Waals surface area (Å²) in [6, 6.07) is 5.24. The van der Waals surface area contributed by atoms with Crippen molar-refractivity contribution in [1.29, 1.82) is 0 Å². The Labute approximate surface area is 241 Å². The molecule has 3 heterocycles. The van der Waals surface area contributed by atoms with E-state index >= 15 is 0 Å². The lowest BCUT2D eigenvalue weighted by molar-refractivity contribution is -0.342. The van der Waals surface area contributed by atoms with Crippen LogP contribution in [-0.2, 0) is 14.2 Å². The summed E-state index contributed by atoms with van der Waals surface area (Å²) >= 11 is 0. The van der Waals surface area contributed by atoms with Gasteiger partial charge in [0.15, 0.2) is 28.8 Å². The van der Waals surface area contributed by atoms with Gasteiger partial charge in [-0.3, -0.25) is 4.79 Å². The Morgan fingerprint density at radius 3 is 2.00 bits per heavy atom. The van der Waals surface area contributed by atoms with Crippen molar-refractivity contribution in [3.8, 4) is 34.3 Å². The van der Waals surface area contributed by atoms with Gasteiger partial charge in [0.05, 0.1) is 18.8 Å². The molecule has 2 saturated heterocycles. The SMILES string of the molecule is O=c1cc(-c2ccc(O)c(O)c2)oc2c(C3OC(CO)C(O)C(O)C3OC3OC(CO)C(O)C(O)C3O)c(O)cc(O)c12. The molecule has 10 unspecified atom stereocenters. The number of phenols is 4. The summed E-state index contributed by atoms with van der Waals surface area (Å²) in [4.78, 5) is 13.2. The Kier molecular flexibility index (Phi) is 8.52. The Hall–Kier alpha value is -3.55. The van der Waals surface area contributed by atoms with Crippen LogP contribution in [0.2, 0.25) is 0 Å². The average molecular weight is 611 g/mol. The first kappa shape index (κ1) is 30.9. The summed E-state index contributed by atoms with van der Waals surface area (Å²) in [5.41, 5.74) is -1.66. The Bertz CT molecular complexity index is 1540. The summed E-state index contributed by atoms with van der Waals surface area (Å²) in [6.07, 6.45) is -17.7. The van der Waals surface area contributed by atoms with Gasteiger partial charge in [0.25, 0.3) is 0 Å². The normalized spacial score (nSPS) is 33.1. The highest BCUT2D eigenvalue weighted by atomic mass is 16.7. The van der Waals surface area contributed by atoms with Gasteiger partial charge in [-0.15, -0.1) is 0 Å². The summed E-state index contributed by atoms with van der Waals surface area (Å²) < 4.78 is 22.7. The highest BCUT2D eigenvalue weighted by Gasteiger charge is 2.52. The molecule has 10 atom stereocenters. The lowest BCUT2D eigenvalue weighted by atomic mass is 9.89. The third-order valence-corrected chi connectivity index (χ3v) is 7.55. The van der Waals surface area contributed by atoms with E-state index < -0.39 is 119 Å². The van der Waals surface area contributed by atoms with Gasteiger partial charge in [-0.25, -0.2) is 0 Å². The Morgan fingerprint density at radius 2 is 1.35 bits per heavy atom. The molecule has 3 aromatic rings. The standard InChI is InChI=1S/C27H30O16/c28-6-15-20(36)22(38)26(43-27-23(39)21(37)19(35)16(7-29)42-27)25(41-15)18-12(33)4-11(32)17-13(34)5-14(40-24(17)18)8-1-2-9(30)10(31)3-8/h1-5,15-16,19-23,25-33,35-39H,6-7H2. The maximum absolute atomic E-state index is 13.2. The fraction of sp³-hybridized carbons (Fsp3) is 0.444. The van der Waals surface area contributed by atoms with Crippen LogP contribution in [0.25, 0.3) is 22.3 Å². The van der Waals surface area contributed by atoms with Crippen molar-refractivity contribution in [3.05, 3.63) is 46.1 Å². The van der Waals surface area contributed by atoms with Crippen LogP contribution in [-0.4, -0.2) is 125 Å². The van der Waals surface area contributed by atoms with Crippen LogP contribution in [0.5, 0.6) is 23.0 Å². The zero-order valence-corrected chi connectivity index (χ0v) is 22.0. The summed E-state index contributed by atoms with van der Waals surface area (Å²) in [5, 5.41) is 113. The molecule has 16 nitrogen and oxygen atoms in total. The molecule has 2 fully saturated rings. The maximum Gasteiger partial charge on any atom is 0.197 e. The van der Waals surface area contributed by atoms with Crippen molar-refractivity contribution in [2.24, 2.45) is 0 Å². The van der Waals surface area contributed by atoms with Gasteiger partial charge in [0.1, 0.15) is 77.6 Å². The fourth-order valence-electron chi connectivity index (χ4n) is 5.22. The molecule has 0 saturated carbocycles. The van der Waals surface area contributed by atoms with E-state index in [1.807, 2.05) is 0 Å². The first-order chi connectivity index (χ1) is 20.4. The molecule has 5 rings (SSSR count). The first-order valence-electron chi connectivity index (χ1n) is 13.0. The summed E-state index contributed by atoms with van der Waals surface area (Å²) in [6.45, 7) is -1.66. The van der Waals surface area contributed by atoms with E-state index in [1.54, 1.807) is 0 Å². The smallest absolute Gasteiger partial charge is 0.197 e. The number of rotatable bonds is 6. The van der Waals surface area contributed by atoms with Crippen LogP contribution >= 0.6 is 0 Å². The van der Waals surface area contributed by atoms with Crippen molar-refractivity contribution in [2.45, 2.75) is 61.2 Å². The van der Waals surface area contributed by atoms with Crippen LogP contribution in [0.4, 0.5) is 0 Å². The number of aliphatic hydroxyl groups excluding tert-OH is 7. The zero-order chi connectivity index (χ0) is 31.3. The molecule has 2 aliphatic heterocycles. The second kappa shape index (κ2) is 11.9. The minimum Gasteiger partial charge on any atom is -0.507 e. The quantitative estimate of drug-likeness (QED) is 0.130. The Balaban J connectivity index is 1.67. The predicted octanol–water partition coefficient (Wildman–Crippen LogP) is -2.38. The second-order valence-corrected chi connectivity index (χ2v) is 10.3. The predicted molar refractivity (Wildman–Crippen MR) is 140 cm³/mol. The van der Waals surface area contributed by atoms with E-state index in [0.717, 1.165) is 24.3 Å². The fourth-order valence-corrected chi connectivity index (χ4v) is 5.22. The highest BCUT2D eigenvalue weighted by molar-refractivity contribution is 5.89. The topological polar surface area (TPSA) is 280 Å². The number of hydrogen-bond donors (Lipinski definition) is 11. The molecule has 2 aromatic carbocycles.